The second-order valence-corrected chi connectivity index (χ2v) is 3.93. The number of aromatic amines is 1. The number of rotatable bonds is 3. The van der Waals surface area contributed by atoms with Gasteiger partial charge in [-0.2, -0.15) is 0 Å². The third kappa shape index (κ3) is 2.50. The summed E-state index contributed by atoms with van der Waals surface area (Å²) in [5, 5.41) is 0.668. The van der Waals surface area contributed by atoms with Gasteiger partial charge in [0.05, 0.1) is 6.61 Å². The summed E-state index contributed by atoms with van der Waals surface area (Å²) in [6, 6.07) is 9.16. The lowest BCUT2D eigenvalue weighted by Gasteiger charge is -2.04. The first kappa shape index (κ1) is 11.7. The van der Waals surface area contributed by atoms with Gasteiger partial charge in [0.15, 0.2) is 0 Å². The van der Waals surface area contributed by atoms with Crippen molar-refractivity contribution in [1.29, 1.82) is 0 Å². The molecule has 0 aliphatic carbocycles. The highest BCUT2D eigenvalue weighted by Gasteiger charge is 2.14. The van der Waals surface area contributed by atoms with Crippen LogP contribution in [0.5, 0.6) is 0 Å². The van der Waals surface area contributed by atoms with Gasteiger partial charge in [0.2, 0.25) is 0 Å². The number of ether oxygens (including phenoxy) is 1. The van der Waals surface area contributed by atoms with Gasteiger partial charge < -0.3 is 9.72 Å². The van der Waals surface area contributed by atoms with E-state index in [1.807, 2.05) is 18.2 Å². The minimum absolute atomic E-state index is 0.345. The highest BCUT2D eigenvalue weighted by Crippen LogP contribution is 2.25. The summed E-state index contributed by atoms with van der Waals surface area (Å²) < 4.78 is 4.98. The Hall–Kier alpha value is -1.74. The summed E-state index contributed by atoms with van der Waals surface area (Å²) in [6.07, 6.45) is 1.72. The fraction of sp³-hybridized carbons (Fsp3) is 0.154. The number of nitrogens with one attached hydrogen (secondary N) is 1. The minimum atomic E-state index is -0.345. The van der Waals surface area contributed by atoms with Crippen LogP contribution in [-0.4, -0.2) is 17.6 Å². The van der Waals surface area contributed by atoms with Gasteiger partial charge in [-0.25, -0.2) is 4.79 Å². The van der Waals surface area contributed by atoms with E-state index >= 15 is 0 Å². The molecular weight excluding hydrogens is 238 g/mol. The van der Waals surface area contributed by atoms with E-state index in [1.54, 1.807) is 25.3 Å². The molecular formula is C13H12ClNO2. The van der Waals surface area contributed by atoms with E-state index in [0.29, 0.717) is 17.3 Å². The van der Waals surface area contributed by atoms with Gasteiger partial charge in [-0.15, -0.1) is 0 Å². The van der Waals surface area contributed by atoms with Crippen molar-refractivity contribution in [1.82, 2.24) is 4.98 Å². The average molecular weight is 250 g/mol. The molecule has 17 heavy (non-hydrogen) atoms. The molecule has 2 aromatic rings. The van der Waals surface area contributed by atoms with Gasteiger partial charge in [0.25, 0.3) is 0 Å². The van der Waals surface area contributed by atoms with E-state index in [0.717, 1.165) is 11.1 Å². The number of carbonyl (C=O) groups excluding carboxylic acids is 1. The normalized spacial score (nSPS) is 10.2. The van der Waals surface area contributed by atoms with E-state index in [4.69, 9.17) is 16.3 Å². The van der Waals surface area contributed by atoms with E-state index in [9.17, 15) is 4.79 Å². The average Bonchev–Trinajstić information content (AvgIpc) is 2.79. The zero-order chi connectivity index (χ0) is 12.3. The summed E-state index contributed by atoms with van der Waals surface area (Å²) in [7, 11) is 0. The number of carbonyl (C=O) groups is 1. The van der Waals surface area contributed by atoms with Crippen molar-refractivity contribution in [2.24, 2.45) is 0 Å². The Morgan fingerprint density at radius 1 is 1.29 bits per heavy atom. The molecule has 2 rings (SSSR count). The molecule has 1 heterocycles. The maximum absolute atomic E-state index is 11.7. The van der Waals surface area contributed by atoms with Gasteiger partial charge in [0.1, 0.15) is 5.69 Å². The molecule has 0 saturated heterocycles. The molecule has 1 aromatic heterocycles. The Morgan fingerprint density at radius 2 is 2.00 bits per heavy atom. The van der Waals surface area contributed by atoms with E-state index < -0.39 is 0 Å². The highest BCUT2D eigenvalue weighted by atomic mass is 35.5. The summed E-state index contributed by atoms with van der Waals surface area (Å²) in [5.74, 6) is -0.345. The third-order valence-electron chi connectivity index (χ3n) is 2.38. The number of hydrogen-bond donors (Lipinski definition) is 1. The van der Waals surface area contributed by atoms with Crippen LogP contribution in [0.3, 0.4) is 0 Å². The van der Waals surface area contributed by atoms with Crippen LogP contribution in [0.25, 0.3) is 11.1 Å². The highest BCUT2D eigenvalue weighted by molar-refractivity contribution is 6.30. The molecule has 0 spiro atoms. The molecule has 0 radical (unpaired) electrons. The first-order chi connectivity index (χ1) is 8.22. The maximum atomic E-state index is 11.7. The standard InChI is InChI=1S/C13H12ClNO2/c1-2-17-13(16)12-11(7-8-15-12)9-3-5-10(14)6-4-9/h3-8,15H,2H2,1H3. The van der Waals surface area contributed by atoms with Crippen LogP contribution >= 0.6 is 11.6 Å². The molecule has 0 aliphatic rings. The molecule has 1 N–H and O–H groups in total. The van der Waals surface area contributed by atoms with Crippen molar-refractivity contribution < 1.29 is 9.53 Å². The van der Waals surface area contributed by atoms with Crippen molar-refractivity contribution in [3.63, 3.8) is 0 Å². The zero-order valence-electron chi connectivity index (χ0n) is 9.37. The quantitative estimate of drug-likeness (QED) is 0.846. The molecule has 0 amide bonds. The fourth-order valence-corrected chi connectivity index (χ4v) is 1.74. The second kappa shape index (κ2) is 5.06. The van der Waals surface area contributed by atoms with Gasteiger partial charge in [-0.05, 0) is 30.7 Å². The fourth-order valence-electron chi connectivity index (χ4n) is 1.61. The summed E-state index contributed by atoms with van der Waals surface area (Å²) in [5.41, 5.74) is 2.22. The van der Waals surface area contributed by atoms with Crippen molar-refractivity contribution in [3.8, 4) is 11.1 Å². The third-order valence-corrected chi connectivity index (χ3v) is 2.63. The minimum Gasteiger partial charge on any atom is -0.461 e. The number of halogens is 1. The van der Waals surface area contributed by atoms with Crippen molar-refractivity contribution >= 4 is 17.6 Å². The largest absolute Gasteiger partial charge is 0.461 e. The molecule has 0 atom stereocenters. The Bertz CT molecular complexity index is 516. The summed E-state index contributed by atoms with van der Waals surface area (Å²) in [6.45, 7) is 2.14. The van der Waals surface area contributed by atoms with E-state index in [1.165, 1.54) is 0 Å². The first-order valence-corrected chi connectivity index (χ1v) is 5.70. The van der Waals surface area contributed by atoms with Gasteiger partial charge >= 0.3 is 5.97 Å². The Kier molecular flexibility index (Phi) is 3.49. The van der Waals surface area contributed by atoms with E-state index in [2.05, 4.69) is 4.98 Å². The topological polar surface area (TPSA) is 42.1 Å². The molecule has 4 heteroatoms. The van der Waals surface area contributed by atoms with Gasteiger partial charge in [-0.1, -0.05) is 23.7 Å². The number of hydrogen-bond acceptors (Lipinski definition) is 2. The molecule has 0 saturated carbocycles. The zero-order valence-corrected chi connectivity index (χ0v) is 10.1. The van der Waals surface area contributed by atoms with Crippen LogP contribution in [-0.2, 0) is 4.74 Å². The summed E-state index contributed by atoms with van der Waals surface area (Å²) in [4.78, 5) is 14.6. The molecule has 0 fully saturated rings. The maximum Gasteiger partial charge on any atom is 0.355 e. The smallest absolute Gasteiger partial charge is 0.355 e. The Morgan fingerprint density at radius 3 is 2.65 bits per heavy atom. The van der Waals surface area contributed by atoms with E-state index in [-0.39, 0.29) is 5.97 Å². The van der Waals surface area contributed by atoms with Crippen LogP contribution in [0.4, 0.5) is 0 Å². The lowest BCUT2D eigenvalue weighted by atomic mass is 10.1. The number of H-pyrrole nitrogens is 1. The second-order valence-electron chi connectivity index (χ2n) is 3.49. The molecule has 0 bridgehead atoms. The number of aromatic nitrogens is 1. The monoisotopic (exact) mass is 249 g/mol. The molecule has 1 aromatic carbocycles. The van der Waals surface area contributed by atoms with Crippen LogP contribution < -0.4 is 0 Å². The lowest BCUT2D eigenvalue weighted by molar-refractivity contribution is 0.0521. The van der Waals surface area contributed by atoms with Gasteiger partial charge in [-0.3, -0.25) is 0 Å². The van der Waals surface area contributed by atoms with Crippen molar-refractivity contribution in [2.75, 3.05) is 6.61 Å². The van der Waals surface area contributed by atoms with Crippen molar-refractivity contribution in [3.05, 3.63) is 47.2 Å². The number of esters is 1. The predicted octanol–water partition coefficient (Wildman–Crippen LogP) is 3.51. The molecule has 0 unspecified atom stereocenters. The molecule has 0 aliphatic heterocycles. The number of benzene rings is 1. The molecule has 88 valence electrons. The summed E-state index contributed by atoms with van der Waals surface area (Å²) >= 11 is 5.83. The first-order valence-electron chi connectivity index (χ1n) is 5.33. The Labute approximate surface area is 104 Å². The molecule has 3 nitrogen and oxygen atoms in total. The van der Waals surface area contributed by atoms with Crippen LogP contribution in [0.2, 0.25) is 5.02 Å². The van der Waals surface area contributed by atoms with Crippen LogP contribution in [0, 0.1) is 0 Å². The van der Waals surface area contributed by atoms with Crippen molar-refractivity contribution in [2.45, 2.75) is 6.92 Å². The lowest BCUT2D eigenvalue weighted by Crippen LogP contribution is -2.06. The Balaban J connectivity index is 2.36. The van der Waals surface area contributed by atoms with Crippen LogP contribution in [0.1, 0.15) is 17.4 Å². The van der Waals surface area contributed by atoms with Gasteiger partial charge in [0, 0.05) is 16.8 Å². The predicted molar refractivity (Wildman–Crippen MR) is 67.2 cm³/mol. The SMILES string of the molecule is CCOC(=O)c1[nH]ccc1-c1ccc(Cl)cc1. The van der Waals surface area contributed by atoms with Crippen LogP contribution in [0.15, 0.2) is 36.5 Å².